The van der Waals surface area contributed by atoms with Gasteiger partial charge in [0.1, 0.15) is 13.2 Å². The molecule has 0 radical (unpaired) electrons. The molecule has 1 aliphatic rings. The van der Waals surface area contributed by atoms with Gasteiger partial charge >= 0.3 is 0 Å². The Morgan fingerprint density at radius 1 is 1.17 bits per heavy atom. The molecule has 0 aliphatic carbocycles. The molecule has 1 aromatic heterocycles. The maximum Gasteiger partial charge on any atom is 0.230 e. The van der Waals surface area contributed by atoms with Crippen LogP contribution in [0.4, 0.5) is 5.69 Å². The van der Waals surface area contributed by atoms with E-state index in [0.717, 1.165) is 0 Å². The molecule has 2 heterocycles. The first-order valence-electron chi connectivity index (χ1n) is 5.53. The molecule has 0 spiro atoms. The average Bonchev–Trinajstić information content (AvgIpc) is 2.91. The van der Waals surface area contributed by atoms with E-state index in [-0.39, 0.29) is 11.5 Å². The third-order valence-electron chi connectivity index (χ3n) is 2.70. The molecule has 3 rings (SSSR count). The Balaban J connectivity index is 2.04. The molecule has 0 unspecified atom stereocenters. The molecule has 0 saturated heterocycles. The van der Waals surface area contributed by atoms with Crippen LogP contribution in [0.25, 0.3) is 0 Å². The van der Waals surface area contributed by atoms with Gasteiger partial charge in [-0.05, 0) is 18.2 Å². The minimum absolute atomic E-state index is 0.248. The van der Waals surface area contributed by atoms with E-state index in [1.54, 1.807) is 24.3 Å². The average molecular weight is 245 g/mol. The van der Waals surface area contributed by atoms with Crippen LogP contribution in [0.15, 0.2) is 34.9 Å². The van der Waals surface area contributed by atoms with E-state index in [9.17, 15) is 4.79 Å². The number of hydrogen-bond donors (Lipinski definition) is 1. The summed E-state index contributed by atoms with van der Waals surface area (Å²) in [4.78, 5) is 12.1. The fourth-order valence-electron chi connectivity index (χ4n) is 1.84. The molecule has 1 aliphatic heterocycles. The van der Waals surface area contributed by atoms with Crippen LogP contribution in [0, 0.1) is 0 Å². The second kappa shape index (κ2) is 4.10. The van der Waals surface area contributed by atoms with Crippen molar-refractivity contribution in [1.29, 1.82) is 0 Å². The zero-order valence-electron chi connectivity index (χ0n) is 9.51. The second-order valence-corrected chi connectivity index (χ2v) is 3.89. The fraction of sp³-hybridized carbons (Fsp3) is 0.154. The summed E-state index contributed by atoms with van der Waals surface area (Å²) in [5.74, 6) is 1.08. The first-order chi connectivity index (χ1) is 8.75. The van der Waals surface area contributed by atoms with Gasteiger partial charge in [-0.2, -0.15) is 0 Å². The SMILES string of the molecule is Nc1cc2c(cc1C(=O)c1ccco1)OCCO2. The Hall–Kier alpha value is -2.43. The van der Waals surface area contributed by atoms with Gasteiger partial charge in [-0.25, -0.2) is 0 Å². The first-order valence-corrected chi connectivity index (χ1v) is 5.53. The number of benzene rings is 1. The van der Waals surface area contributed by atoms with Crippen molar-refractivity contribution in [3.8, 4) is 11.5 Å². The van der Waals surface area contributed by atoms with Gasteiger partial charge in [-0.15, -0.1) is 0 Å². The molecule has 2 N–H and O–H groups in total. The molecule has 18 heavy (non-hydrogen) atoms. The molecule has 0 bridgehead atoms. The van der Waals surface area contributed by atoms with Crippen molar-refractivity contribution in [3.63, 3.8) is 0 Å². The summed E-state index contributed by atoms with van der Waals surface area (Å²) >= 11 is 0. The lowest BCUT2D eigenvalue weighted by atomic mass is 10.1. The van der Waals surface area contributed by atoms with Crippen molar-refractivity contribution >= 4 is 11.5 Å². The maximum atomic E-state index is 12.1. The molecule has 0 saturated carbocycles. The number of fused-ring (bicyclic) bond motifs is 1. The smallest absolute Gasteiger partial charge is 0.230 e. The van der Waals surface area contributed by atoms with Crippen LogP contribution in [-0.4, -0.2) is 19.0 Å². The lowest BCUT2D eigenvalue weighted by Crippen LogP contribution is -2.16. The van der Waals surface area contributed by atoms with Crippen molar-refractivity contribution in [3.05, 3.63) is 41.9 Å². The standard InChI is InChI=1S/C13H11NO4/c14-9-7-12-11(17-4-5-18-12)6-8(9)13(15)10-2-1-3-16-10/h1-3,6-7H,4-5,14H2. The second-order valence-electron chi connectivity index (χ2n) is 3.89. The highest BCUT2D eigenvalue weighted by atomic mass is 16.6. The quantitative estimate of drug-likeness (QED) is 0.645. The number of furan rings is 1. The van der Waals surface area contributed by atoms with Gasteiger partial charge in [0.25, 0.3) is 0 Å². The minimum Gasteiger partial charge on any atom is -0.486 e. The van der Waals surface area contributed by atoms with E-state index < -0.39 is 0 Å². The Labute approximate surface area is 103 Å². The van der Waals surface area contributed by atoms with Gasteiger partial charge in [0.15, 0.2) is 17.3 Å². The van der Waals surface area contributed by atoms with E-state index in [1.165, 1.54) is 6.26 Å². The van der Waals surface area contributed by atoms with Crippen LogP contribution in [0.2, 0.25) is 0 Å². The predicted octanol–water partition coefficient (Wildman–Crippen LogP) is 1.86. The summed E-state index contributed by atoms with van der Waals surface area (Å²) in [7, 11) is 0. The Bertz CT molecular complexity index is 589. The molecule has 0 atom stereocenters. The van der Waals surface area contributed by atoms with Crippen molar-refractivity contribution in [2.24, 2.45) is 0 Å². The third-order valence-corrected chi connectivity index (χ3v) is 2.70. The summed E-state index contributed by atoms with van der Waals surface area (Å²) in [5, 5.41) is 0. The van der Waals surface area contributed by atoms with E-state index in [1.807, 2.05) is 0 Å². The number of nitrogen functional groups attached to an aromatic ring is 1. The summed E-state index contributed by atoms with van der Waals surface area (Å²) < 4.78 is 15.9. The molecule has 1 aromatic carbocycles. The van der Waals surface area contributed by atoms with Crippen molar-refractivity contribution in [2.45, 2.75) is 0 Å². The van der Waals surface area contributed by atoms with Crippen LogP contribution in [0.1, 0.15) is 16.1 Å². The number of nitrogens with two attached hydrogens (primary N) is 1. The lowest BCUT2D eigenvalue weighted by molar-refractivity contribution is 0.101. The Morgan fingerprint density at radius 3 is 2.56 bits per heavy atom. The molecule has 5 nitrogen and oxygen atoms in total. The number of hydrogen-bond acceptors (Lipinski definition) is 5. The van der Waals surface area contributed by atoms with Gasteiger partial charge in [0, 0.05) is 11.8 Å². The highest BCUT2D eigenvalue weighted by molar-refractivity contribution is 6.10. The van der Waals surface area contributed by atoms with Crippen LogP contribution in [0.5, 0.6) is 11.5 Å². The molecular weight excluding hydrogens is 234 g/mol. The van der Waals surface area contributed by atoms with Crippen molar-refractivity contribution in [1.82, 2.24) is 0 Å². The third kappa shape index (κ3) is 1.69. The lowest BCUT2D eigenvalue weighted by Gasteiger charge is -2.19. The number of ketones is 1. The van der Waals surface area contributed by atoms with Crippen molar-refractivity contribution < 1.29 is 18.7 Å². The molecular formula is C13H11NO4. The predicted molar refractivity (Wildman–Crippen MR) is 64.0 cm³/mol. The summed E-state index contributed by atoms with van der Waals surface area (Å²) in [6.07, 6.45) is 1.45. The first kappa shape index (κ1) is 10.7. The van der Waals surface area contributed by atoms with Gasteiger partial charge in [0.05, 0.1) is 11.8 Å². The highest BCUT2D eigenvalue weighted by Gasteiger charge is 2.20. The van der Waals surface area contributed by atoms with E-state index >= 15 is 0 Å². The normalized spacial score (nSPS) is 13.3. The van der Waals surface area contributed by atoms with E-state index in [2.05, 4.69) is 0 Å². The van der Waals surface area contributed by atoms with Crippen LogP contribution < -0.4 is 15.2 Å². The minimum atomic E-state index is -0.269. The molecule has 0 fully saturated rings. The van der Waals surface area contributed by atoms with Crippen LogP contribution in [-0.2, 0) is 0 Å². The number of carbonyl (C=O) groups excluding carboxylic acids is 1. The van der Waals surface area contributed by atoms with Gasteiger partial charge in [-0.3, -0.25) is 4.79 Å². The van der Waals surface area contributed by atoms with E-state index in [4.69, 9.17) is 19.6 Å². The summed E-state index contributed by atoms with van der Waals surface area (Å²) in [5.41, 5.74) is 6.56. The maximum absolute atomic E-state index is 12.1. The fourth-order valence-corrected chi connectivity index (χ4v) is 1.84. The molecule has 5 heteroatoms. The van der Waals surface area contributed by atoms with Crippen LogP contribution in [0.3, 0.4) is 0 Å². The number of rotatable bonds is 2. The van der Waals surface area contributed by atoms with Gasteiger partial charge < -0.3 is 19.6 Å². The zero-order chi connectivity index (χ0) is 12.5. The summed E-state index contributed by atoms with van der Waals surface area (Å²) in [6.45, 7) is 0.948. The Kier molecular flexibility index (Phi) is 2.44. The summed E-state index contributed by atoms with van der Waals surface area (Å²) in [6, 6.07) is 6.44. The number of anilines is 1. The van der Waals surface area contributed by atoms with E-state index in [0.29, 0.717) is 36.0 Å². The topological polar surface area (TPSA) is 74.7 Å². The van der Waals surface area contributed by atoms with Gasteiger partial charge in [-0.1, -0.05) is 0 Å². The molecule has 0 amide bonds. The number of carbonyl (C=O) groups is 1. The Morgan fingerprint density at radius 2 is 1.89 bits per heavy atom. The van der Waals surface area contributed by atoms with Gasteiger partial charge in [0.2, 0.25) is 5.78 Å². The van der Waals surface area contributed by atoms with Crippen LogP contribution >= 0.6 is 0 Å². The monoisotopic (exact) mass is 245 g/mol. The van der Waals surface area contributed by atoms with Crippen molar-refractivity contribution in [2.75, 3.05) is 18.9 Å². The zero-order valence-corrected chi connectivity index (χ0v) is 9.51. The number of ether oxygens (including phenoxy) is 2. The molecule has 2 aromatic rings. The largest absolute Gasteiger partial charge is 0.486 e. The highest BCUT2D eigenvalue weighted by Crippen LogP contribution is 2.35. The molecule has 92 valence electrons.